The van der Waals surface area contributed by atoms with Crippen LogP contribution in [0.1, 0.15) is 12.5 Å². The molecular weight excluding hydrogens is 224 g/mol. The van der Waals surface area contributed by atoms with Crippen molar-refractivity contribution in [2.75, 3.05) is 12.8 Å². The Hall–Kier alpha value is -1.84. The number of nitrogen functional groups attached to an aromatic ring is 1. The van der Waals surface area contributed by atoms with Crippen molar-refractivity contribution in [2.24, 2.45) is 0 Å². The smallest absolute Gasteiger partial charge is 0.168 e. The number of fused-ring (bicyclic) bond motifs is 1. The zero-order chi connectivity index (χ0) is 12.6. The molecule has 90 valence electrons. The fourth-order valence-corrected chi connectivity index (χ4v) is 2.04. The Morgan fingerprint density at radius 2 is 1.88 bits per heavy atom. The quantitative estimate of drug-likeness (QED) is 0.813. The standard InChI is InChI=1S/C13H13F2NO/c1-3-7-4-8(16)5-9-10(14)6-11(15)13(17-2)12(7)9/h4-6H,3,16H2,1-2H3. The molecule has 2 rings (SSSR count). The molecule has 0 fully saturated rings. The first-order valence-corrected chi connectivity index (χ1v) is 5.32. The van der Waals surface area contributed by atoms with Gasteiger partial charge < -0.3 is 10.5 Å². The molecule has 0 aliphatic heterocycles. The number of nitrogens with two attached hydrogens (primary N) is 1. The minimum atomic E-state index is -0.697. The molecule has 4 heteroatoms. The lowest BCUT2D eigenvalue weighted by Crippen LogP contribution is -1.98. The topological polar surface area (TPSA) is 35.2 Å². The van der Waals surface area contributed by atoms with Crippen molar-refractivity contribution in [3.05, 3.63) is 35.4 Å². The van der Waals surface area contributed by atoms with Crippen LogP contribution >= 0.6 is 0 Å². The maximum Gasteiger partial charge on any atom is 0.168 e. The van der Waals surface area contributed by atoms with E-state index in [2.05, 4.69) is 0 Å². The SMILES string of the molecule is CCc1cc(N)cc2c(F)cc(F)c(OC)c12. The van der Waals surface area contributed by atoms with Crippen LogP contribution in [0.3, 0.4) is 0 Å². The summed E-state index contributed by atoms with van der Waals surface area (Å²) in [4.78, 5) is 0. The number of hydrogen-bond acceptors (Lipinski definition) is 2. The highest BCUT2D eigenvalue weighted by molar-refractivity contribution is 5.94. The van der Waals surface area contributed by atoms with Gasteiger partial charge in [-0.1, -0.05) is 6.92 Å². The lowest BCUT2D eigenvalue weighted by molar-refractivity contribution is 0.390. The van der Waals surface area contributed by atoms with E-state index in [0.29, 0.717) is 22.9 Å². The number of halogens is 2. The maximum atomic E-state index is 13.7. The summed E-state index contributed by atoms with van der Waals surface area (Å²) in [5.74, 6) is -1.25. The Bertz CT molecular complexity index is 581. The molecule has 2 N–H and O–H groups in total. The van der Waals surface area contributed by atoms with Crippen molar-refractivity contribution in [1.82, 2.24) is 0 Å². The maximum absolute atomic E-state index is 13.7. The summed E-state index contributed by atoms with van der Waals surface area (Å²) in [6, 6.07) is 4.02. The van der Waals surface area contributed by atoms with Gasteiger partial charge in [-0.15, -0.1) is 0 Å². The van der Waals surface area contributed by atoms with Crippen LogP contribution in [0, 0.1) is 11.6 Å². The molecule has 0 heterocycles. The number of hydrogen-bond donors (Lipinski definition) is 1. The molecule has 17 heavy (non-hydrogen) atoms. The van der Waals surface area contributed by atoms with Crippen molar-refractivity contribution >= 4 is 16.5 Å². The van der Waals surface area contributed by atoms with E-state index in [1.807, 2.05) is 6.92 Å². The van der Waals surface area contributed by atoms with Gasteiger partial charge in [0.25, 0.3) is 0 Å². The normalized spacial score (nSPS) is 10.8. The average molecular weight is 237 g/mol. The second kappa shape index (κ2) is 4.20. The second-order valence-electron chi connectivity index (χ2n) is 3.83. The second-order valence-corrected chi connectivity index (χ2v) is 3.83. The van der Waals surface area contributed by atoms with Gasteiger partial charge in [-0.05, 0) is 24.1 Å². The first kappa shape index (κ1) is 11.6. The lowest BCUT2D eigenvalue weighted by Gasteiger charge is -2.12. The minimum absolute atomic E-state index is 0.0678. The molecular formula is C13H13F2NO. The van der Waals surface area contributed by atoms with Gasteiger partial charge in [0.1, 0.15) is 5.82 Å². The Kier molecular flexibility index (Phi) is 2.88. The Labute approximate surface area is 98.0 Å². The van der Waals surface area contributed by atoms with Crippen molar-refractivity contribution in [3.8, 4) is 5.75 Å². The van der Waals surface area contributed by atoms with Crippen molar-refractivity contribution in [3.63, 3.8) is 0 Å². The predicted molar refractivity (Wildman–Crippen MR) is 64.2 cm³/mol. The zero-order valence-corrected chi connectivity index (χ0v) is 9.68. The molecule has 0 atom stereocenters. The highest BCUT2D eigenvalue weighted by Gasteiger charge is 2.16. The summed E-state index contributed by atoms with van der Waals surface area (Å²) in [6.07, 6.45) is 0.626. The molecule has 2 aromatic rings. The summed E-state index contributed by atoms with van der Waals surface area (Å²) < 4.78 is 32.3. The molecule has 0 saturated carbocycles. The molecule has 0 saturated heterocycles. The fraction of sp³-hybridized carbons (Fsp3) is 0.231. The summed E-state index contributed by atoms with van der Waals surface area (Å²) in [6.45, 7) is 1.90. The van der Waals surface area contributed by atoms with Crippen LogP contribution in [0.25, 0.3) is 10.8 Å². The molecule has 0 bridgehead atoms. The van der Waals surface area contributed by atoms with Crippen molar-refractivity contribution in [2.45, 2.75) is 13.3 Å². The predicted octanol–water partition coefficient (Wildman–Crippen LogP) is 3.27. The van der Waals surface area contributed by atoms with Gasteiger partial charge in [-0.2, -0.15) is 0 Å². The van der Waals surface area contributed by atoms with Gasteiger partial charge in [-0.25, -0.2) is 8.78 Å². The largest absolute Gasteiger partial charge is 0.493 e. The molecule has 0 unspecified atom stereocenters. The summed E-state index contributed by atoms with van der Waals surface area (Å²) in [7, 11) is 1.37. The highest BCUT2D eigenvalue weighted by Crippen LogP contribution is 2.35. The molecule has 0 aliphatic carbocycles. The van der Waals surface area contributed by atoms with Gasteiger partial charge >= 0.3 is 0 Å². The van der Waals surface area contributed by atoms with Gasteiger partial charge in [0, 0.05) is 22.5 Å². The summed E-state index contributed by atoms with van der Waals surface area (Å²) in [5, 5.41) is 0.752. The third-order valence-corrected chi connectivity index (χ3v) is 2.78. The van der Waals surface area contributed by atoms with E-state index in [1.54, 1.807) is 6.07 Å². The van der Waals surface area contributed by atoms with Gasteiger partial charge in [0.15, 0.2) is 11.6 Å². The van der Waals surface area contributed by atoms with E-state index in [4.69, 9.17) is 10.5 Å². The molecule has 0 aliphatic rings. The van der Waals surface area contributed by atoms with E-state index >= 15 is 0 Å². The van der Waals surface area contributed by atoms with Crippen LogP contribution in [-0.2, 0) is 6.42 Å². The van der Waals surface area contributed by atoms with E-state index in [1.165, 1.54) is 13.2 Å². The fourth-order valence-electron chi connectivity index (χ4n) is 2.04. The van der Waals surface area contributed by atoms with Gasteiger partial charge in [-0.3, -0.25) is 0 Å². The lowest BCUT2D eigenvalue weighted by atomic mass is 10.00. The third-order valence-electron chi connectivity index (χ3n) is 2.78. The first-order valence-electron chi connectivity index (χ1n) is 5.32. The van der Waals surface area contributed by atoms with E-state index in [9.17, 15) is 8.78 Å². The highest BCUT2D eigenvalue weighted by atomic mass is 19.1. The van der Waals surface area contributed by atoms with Crippen LogP contribution < -0.4 is 10.5 Å². The van der Waals surface area contributed by atoms with Crippen molar-refractivity contribution in [1.29, 1.82) is 0 Å². The molecule has 0 radical (unpaired) electrons. The summed E-state index contributed by atoms with van der Waals surface area (Å²) in [5.41, 5.74) is 6.93. The minimum Gasteiger partial charge on any atom is -0.493 e. The molecule has 2 nitrogen and oxygen atoms in total. The van der Waals surface area contributed by atoms with Crippen LogP contribution in [0.4, 0.5) is 14.5 Å². The Morgan fingerprint density at radius 1 is 1.18 bits per heavy atom. The molecule has 0 amide bonds. The van der Waals surface area contributed by atoms with Crippen LogP contribution in [0.2, 0.25) is 0 Å². The number of ether oxygens (including phenoxy) is 1. The average Bonchev–Trinajstić information content (AvgIpc) is 2.29. The third kappa shape index (κ3) is 1.79. The van der Waals surface area contributed by atoms with E-state index in [-0.39, 0.29) is 5.75 Å². The Balaban J connectivity index is 2.98. The molecule has 2 aromatic carbocycles. The van der Waals surface area contributed by atoms with E-state index in [0.717, 1.165) is 11.6 Å². The monoisotopic (exact) mass is 237 g/mol. The van der Waals surface area contributed by atoms with E-state index < -0.39 is 11.6 Å². The number of rotatable bonds is 2. The van der Waals surface area contributed by atoms with Crippen LogP contribution in [0.5, 0.6) is 5.75 Å². The van der Waals surface area contributed by atoms with Crippen LogP contribution in [-0.4, -0.2) is 7.11 Å². The number of methoxy groups -OCH3 is 1. The Morgan fingerprint density at radius 3 is 2.47 bits per heavy atom. The molecule has 0 aromatic heterocycles. The van der Waals surface area contributed by atoms with Crippen LogP contribution in [0.15, 0.2) is 18.2 Å². The van der Waals surface area contributed by atoms with Crippen molar-refractivity contribution < 1.29 is 13.5 Å². The number of aryl methyl sites for hydroxylation is 1. The number of benzene rings is 2. The molecule has 0 spiro atoms. The summed E-state index contributed by atoms with van der Waals surface area (Å²) >= 11 is 0. The van der Waals surface area contributed by atoms with Gasteiger partial charge in [0.05, 0.1) is 7.11 Å². The number of anilines is 1. The zero-order valence-electron chi connectivity index (χ0n) is 9.68. The first-order chi connectivity index (χ1) is 8.08. The van der Waals surface area contributed by atoms with Gasteiger partial charge in [0.2, 0.25) is 0 Å².